The fraction of sp³-hybridized carbons (Fsp3) is 1.00. The van der Waals surface area contributed by atoms with E-state index in [9.17, 15) is 8.42 Å². The van der Waals surface area contributed by atoms with Crippen molar-refractivity contribution in [2.45, 2.75) is 45.6 Å². The summed E-state index contributed by atoms with van der Waals surface area (Å²) in [6.45, 7) is 4.37. The Morgan fingerprint density at radius 1 is 1.33 bits per heavy atom. The molecule has 0 aromatic heterocycles. The van der Waals surface area contributed by atoms with Gasteiger partial charge in [-0.3, -0.25) is 0 Å². The second-order valence-corrected chi connectivity index (χ2v) is 7.46. The van der Waals surface area contributed by atoms with Crippen molar-refractivity contribution >= 4 is 9.84 Å². The average molecular weight is 233 g/mol. The Hall–Kier alpha value is -0.0900. The van der Waals surface area contributed by atoms with Crippen LogP contribution in [0.25, 0.3) is 0 Å². The Labute approximate surface area is 93.3 Å². The fourth-order valence-corrected chi connectivity index (χ4v) is 4.03. The van der Waals surface area contributed by atoms with Gasteiger partial charge in [-0.25, -0.2) is 8.42 Å². The van der Waals surface area contributed by atoms with Crippen LogP contribution in [-0.4, -0.2) is 26.0 Å². The summed E-state index contributed by atoms with van der Waals surface area (Å²) in [7, 11) is -2.73. The van der Waals surface area contributed by atoms with Crippen molar-refractivity contribution < 1.29 is 8.42 Å². The summed E-state index contributed by atoms with van der Waals surface area (Å²) in [6.07, 6.45) is 3.86. The SMILES string of the molecule is CC(C)CCC(N)CC1CCS(=O)(=O)C1. The molecule has 2 unspecified atom stereocenters. The predicted octanol–water partition coefficient (Wildman–Crippen LogP) is 1.57. The van der Waals surface area contributed by atoms with Crippen LogP contribution in [-0.2, 0) is 9.84 Å². The van der Waals surface area contributed by atoms with E-state index in [1.165, 1.54) is 0 Å². The lowest BCUT2D eigenvalue weighted by Gasteiger charge is -2.16. The van der Waals surface area contributed by atoms with Crippen LogP contribution in [0.5, 0.6) is 0 Å². The normalized spacial score (nSPS) is 27.1. The van der Waals surface area contributed by atoms with Gasteiger partial charge in [-0.15, -0.1) is 0 Å². The van der Waals surface area contributed by atoms with E-state index in [-0.39, 0.29) is 6.04 Å². The van der Waals surface area contributed by atoms with Gasteiger partial charge in [0.25, 0.3) is 0 Å². The predicted molar refractivity (Wildman–Crippen MR) is 63.4 cm³/mol. The summed E-state index contributed by atoms with van der Waals surface area (Å²) >= 11 is 0. The maximum Gasteiger partial charge on any atom is 0.150 e. The Balaban J connectivity index is 2.24. The van der Waals surface area contributed by atoms with Crippen molar-refractivity contribution in [2.75, 3.05) is 11.5 Å². The lowest BCUT2D eigenvalue weighted by molar-refractivity contribution is 0.419. The number of rotatable bonds is 5. The first-order chi connectivity index (χ1) is 6.89. The van der Waals surface area contributed by atoms with Crippen molar-refractivity contribution in [1.29, 1.82) is 0 Å². The van der Waals surface area contributed by atoms with Gasteiger partial charge in [0.05, 0.1) is 11.5 Å². The zero-order valence-electron chi connectivity index (χ0n) is 9.78. The molecule has 4 heteroatoms. The monoisotopic (exact) mass is 233 g/mol. The van der Waals surface area contributed by atoms with Gasteiger partial charge in [0.1, 0.15) is 0 Å². The van der Waals surface area contributed by atoms with Crippen LogP contribution >= 0.6 is 0 Å². The number of sulfone groups is 1. The molecule has 0 aliphatic carbocycles. The number of nitrogens with two attached hydrogens (primary N) is 1. The van der Waals surface area contributed by atoms with Crippen molar-refractivity contribution in [2.24, 2.45) is 17.6 Å². The molecule has 0 saturated carbocycles. The van der Waals surface area contributed by atoms with Crippen LogP contribution in [0.2, 0.25) is 0 Å². The smallest absolute Gasteiger partial charge is 0.150 e. The van der Waals surface area contributed by atoms with E-state index < -0.39 is 9.84 Å². The second-order valence-electron chi connectivity index (χ2n) is 5.24. The first-order valence-electron chi connectivity index (χ1n) is 5.85. The molecule has 1 rings (SSSR count). The molecular formula is C11H23NO2S. The van der Waals surface area contributed by atoms with E-state index in [0.29, 0.717) is 23.3 Å². The third-order valence-corrected chi connectivity index (χ3v) is 4.91. The number of hydrogen-bond donors (Lipinski definition) is 1. The molecule has 0 radical (unpaired) electrons. The molecule has 2 N–H and O–H groups in total. The van der Waals surface area contributed by atoms with E-state index in [0.717, 1.165) is 25.7 Å². The van der Waals surface area contributed by atoms with Crippen molar-refractivity contribution in [3.8, 4) is 0 Å². The van der Waals surface area contributed by atoms with Crippen LogP contribution in [0.15, 0.2) is 0 Å². The maximum absolute atomic E-state index is 11.2. The van der Waals surface area contributed by atoms with Crippen LogP contribution in [0.4, 0.5) is 0 Å². The summed E-state index contributed by atoms with van der Waals surface area (Å²) < 4.78 is 22.5. The maximum atomic E-state index is 11.2. The highest BCUT2D eigenvalue weighted by Gasteiger charge is 2.28. The van der Waals surface area contributed by atoms with Crippen LogP contribution < -0.4 is 5.73 Å². The molecule has 1 saturated heterocycles. The third kappa shape index (κ3) is 4.98. The molecule has 3 nitrogen and oxygen atoms in total. The second kappa shape index (κ2) is 5.30. The topological polar surface area (TPSA) is 60.2 Å². The molecule has 0 aromatic carbocycles. The minimum atomic E-state index is -2.73. The summed E-state index contributed by atoms with van der Waals surface area (Å²) in [5, 5.41) is 0. The van der Waals surface area contributed by atoms with Crippen LogP contribution in [0, 0.1) is 11.8 Å². The van der Waals surface area contributed by atoms with E-state index in [1.807, 2.05) is 0 Å². The van der Waals surface area contributed by atoms with Crippen molar-refractivity contribution in [1.82, 2.24) is 0 Å². The van der Waals surface area contributed by atoms with E-state index in [2.05, 4.69) is 13.8 Å². The minimum Gasteiger partial charge on any atom is -0.328 e. The van der Waals surface area contributed by atoms with Crippen molar-refractivity contribution in [3.63, 3.8) is 0 Å². The van der Waals surface area contributed by atoms with Gasteiger partial charge in [-0.2, -0.15) is 0 Å². The quantitative estimate of drug-likeness (QED) is 0.784. The highest BCUT2D eigenvalue weighted by Crippen LogP contribution is 2.23. The summed E-state index contributed by atoms with van der Waals surface area (Å²) in [5.41, 5.74) is 6.00. The first kappa shape index (κ1) is 13.0. The molecule has 1 aliphatic rings. The fourth-order valence-electron chi connectivity index (χ4n) is 2.15. The van der Waals surface area contributed by atoms with Gasteiger partial charge in [0.2, 0.25) is 0 Å². The molecule has 0 spiro atoms. The van der Waals surface area contributed by atoms with Crippen LogP contribution in [0.3, 0.4) is 0 Å². The molecule has 1 fully saturated rings. The average Bonchev–Trinajstić information content (AvgIpc) is 2.42. The van der Waals surface area contributed by atoms with Gasteiger partial charge < -0.3 is 5.73 Å². The Kier molecular flexibility index (Phi) is 4.59. The largest absolute Gasteiger partial charge is 0.328 e. The Bertz CT molecular complexity index is 285. The molecule has 0 amide bonds. The Morgan fingerprint density at radius 3 is 2.47 bits per heavy atom. The molecule has 0 aromatic rings. The van der Waals surface area contributed by atoms with Crippen molar-refractivity contribution in [3.05, 3.63) is 0 Å². The van der Waals surface area contributed by atoms with Gasteiger partial charge in [0, 0.05) is 6.04 Å². The lowest BCUT2D eigenvalue weighted by atomic mass is 9.95. The first-order valence-corrected chi connectivity index (χ1v) is 7.67. The number of hydrogen-bond acceptors (Lipinski definition) is 3. The summed E-state index contributed by atoms with van der Waals surface area (Å²) in [5.74, 6) is 1.73. The van der Waals surface area contributed by atoms with E-state index >= 15 is 0 Å². The lowest BCUT2D eigenvalue weighted by Crippen LogP contribution is -2.24. The molecule has 2 atom stereocenters. The van der Waals surface area contributed by atoms with E-state index in [4.69, 9.17) is 5.73 Å². The van der Waals surface area contributed by atoms with Gasteiger partial charge in [-0.05, 0) is 37.5 Å². The molecule has 90 valence electrons. The molecule has 1 heterocycles. The van der Waals surface area contributed by atoms with Crippen LogP contribution in [0.1, 0.15) is 39.5 Å². The minimum absolute atomic E-state index is 0.186. The van der Waals surface area contributed by atoms with Gasteiger partial charge in [0.15, 0.2) is 9.84 Å². The molecule has 0 bridgehead atoms. The van der Waals surface area contributed by atoms with Gasteiger partial charge in [-0.1, -0.05) is 13.8 Å². The highest BCUT2D eigenvalue weighted by atomic mass is 32.2. The Morgan fingerprint density at radius 2 is 2.00 bits per heavy atom. The van der Waals surface area contributed by atoms with Gasteiger partial charge >= 0.3 is 0 Å². The molecule has 15 heavy (non-hydrogen) atoms. The zero-order chi connectivity index (χ0) is 11.5. The molecular weight excluding hydrogens is 210 g/mol. The summed E-state index contributed by atoms with van der Waals surface area (Å²) in [6, 6.07) is 0.186. The van der Waals surface area contributed by atoms with E-state index in [1.54, 1.807) is 0 Å². The molecule has 1 aliphatic heterocycles. The summed E-state index contributed by atoms with van der Waals surface area (Å²) in [4.78, 5) is 0. The zero-order valence-corrected chi connectivity index (χ0v) is 10.6. The standard InChI is InChI=1S/C11H23NO2S/c1-9(2)3-4-11(12)7-10-5-6-15(13,14)8-10/h9-11H,3-8,12H2,1-2H3. The third-order valence-electron chi connectivity index (χ3n) is 3.08. The highest BCUT2D eigenvalue weighted by molar-refractivity contribution is 7.91.